The summed E-state index contributed by atoms with van der Waals surface area (Å²) in [5.41, 5.74) is 4.56. The minimum atomic E-state index is -0.120. The Bertz CT molecular complexity index is 1160. The Morgan fingerprint density at radius 3 is 2.58 bits per heavy atom. The van der Waals surface area contributed by atoms with Crippen molar-refractivity contribution in [3.8, 4) is 5.69 Å². The van der Waals surface area contributed by atoms with E-state index in [0.717, 1.165) is 22.4 Å². The van der Waals surface area contributed by atoms with Crippen molar-refractivity contribution in [2.24, 2.45) is 0 Å². The molecule has 0 saturated carbocycles. The first kappa shape index (κ1) is 16.5. The second kappa shape index (κ2) is 6.42. The maximum atomic E-state index is 12.8. The van der Waals surface area contributed by atoms with Crippen molar-refractivity contribution < 1.29 is 0 Å². The fraction of sp³-hybridized carbons (Fsp3) is 0.150. The predicted octanol–water partition coefficient (Wildman–Crippen LogP) is 3.90. The van der Waals surface area contributed by atoms with E-state index in [-0.39, 0.29) is 5.56 Å². The molecule has 4 aromatic rings. The van der Waals surface area contributed by atoms with Gasteiger partial charge in [0.2, 0.25) is 0 Å². The Morgan fingerprint density at radius 1 is 1.08 bits per heavy atom. The van der Waals surface area contributed by atoms with Crippen LogP contribution in [0.4, 0.5) is 0 Å². The molecule has 0 spiro atoms. The molecule has 0 N–H and O–H groups in total. The van der Waals surface area contributed by atoms with E-state index in [4.69, 9.17) is 11.6 Å². The summed E-state index contributed by atoms with van der Waals surface area (Å²) in [6, 6.07) is 13.6. The summed E-state index contributed by atoms with van der Waals surface area (Å²) in [7, 11) is 0. The van der Waals surface area contributed by atoms with Crippen LogP contribution >= 0.6 is 11.6 Å². The number of rotatable bonds is 3. The lowest BCUT2D eigenvalue weighted by Gasteiger charge is -2.08. The molecule has 0 atom stereocenters. The number of halogens is 1. The summed E-state index contributed by atoms with van der Waals surface area (Å²) in [6.45, 7) is 4.48. The maximum Gasteiger partial charge on any atom is 0.264 e. The fourth-order valence-corrected chi connectivity index (χ4v) is 3.37. The van der Waals surface area contributed by atoms with E-state index < -0.39 is 0 Å². The summed E-state index contributed by atoms with van der Waals surface area (Å²) in [4.78, 5) is 17.3. The van der Waals surface area contributed by atoms with E-state index in [2.05, 4.69) is 16.1 Å². The number of hydrogen-bond donors (Lipinski definition) is 0. The zero-order chi connectivity index (χ0) is 18.3. The third-order valence-electron chi connectivity index (χ3n) is 4.25. The first-order valence-electron chi connectivity index (χ1n) is 8.27. The Hall–Kier alpha value is -2.92. The molecule has 4 rings (SSSR count). The molecule has 2 aromatic carbocycles. The van der Waals surface area contributed by atoms with Crippen LogP contribution in [0, 0.1) is 13.8 Å². The highest BCUT2D eigenvalue weighted by molar-refractivity contribution is 6.30. The van der Waals surface area contributed by atoms with Crippen LogP contribution < -0.4 is 5.56 Å². The molecule has 0 radical (unpaired) electrons. The van der Waals surface area contributed by atoms with Crippen molar-refractivity contribution in [2.75, 3.05) is 0 Å². The van der Waals surface area contributed by atoms with E-state index in [9.17, 15) is 4.79 Å². The average molecular weight is 365 g/mol. The fourth-order valence-electron chi connectivity index (χ4n) is 3.16. The first-order valence-corrected chi connectivity index (χ1v) is 8.65. The number of nitrogens with zero attached hydrogens (tertiary/aromatic N) is 4. The topological polar surface area (TPSA) is 52.7 Å². The minimum absolute atomic E-state index is 0.120. The van der Waals surface area contributed by atoms with Crippen LogP contribution in [-0.2, 0) is 6.54 Å². The molecule has 2 aromatic heterocycles. The Kier molecular flexibility index (Phi) is 4.09. The van der Waals surface area contributed by atoms with E-state index in [1.807, 2.05) is 50.2 Å². The third kappa shape index (κ3) is 3.02. The lowest BCUT2D eigenvalue weighted by molar-refractivity contribution is 0.745. The van der Waals surface area contributed by atoms with Crippen LogP contribution in [0.5, 0.6) is 0 Å². The third-order valence-corrected chi connectivity index (χ3v) is 4.48. The quantitative estimate of drug-likeness (QED) is 0.554. The van der Waals surface area contributed by atoms with Gasteiger partial charge in [-0.05, 0) is 54.8 Å². The van der Waals surface area contributed by atoms with Gasteiger partial charge < -0.3 is 0 Å². The van der Waals surface area contributed by atoms with E-state index >= 15 is 0 Å². The van der Waals surface area contributed by atoms with Crippen molar-refractivity contribution in [3.63, 3.8) is 0 Å². The summed E-state index contributed by atoms with van der Waals surface area (Å²) in [5.74, 6) is 0. The Balaban J connectivity index is 1.79. The number of fused-ring (bicyclic) bond motifs is 1. The standard InChI is InChI=1S/C20H17ClN4O/c1-13-6-14(2)8-17(7-13)25-19-18(10-23-25)20(26)24(12-22-19)11-15-4-3-5-16(21)9-15/h3-10,12H,11H2,1-2H3. The maximum absolute atomic E-state index is 12.8. The Labute approximate surface area is 155 Å². The van der Waals surface area contributed by atoms with Gasteiger partial charge >= 0.3 is 0 Å². The SMILES string of the molecule is Cc1cc(C)cc(-n2ncc3c(=O)n(Cc4cccc(Cl)c4)cnc32)c1. The molecule has 0 aliphatic heterocycles. The number of aryl methyl sites for hydroxylation is 2. The van der Waals surface area contributed by atoms with Gasteiger partial charge in [0.15, 0.2) is 5.65 Å². The minimum Gasteiger partial charge on any atom is -0.294 e. The molecule has 26 heavy (non-hydrogen) atoms. The summed E-state index contributed by atoms with van der Waals surface area (Å²) >= 11 is 6.03. The second-order valence-corrected chi connectivity index (χ2v) is 6.88. The van der Waals surface area contributed by atoms with Gasteiger partial charge in [-0.25, -0.2) is 9.67 Å². The van der Waals surface area contributed by atoms with Crippen molar-refractivity contribution in [3.05, 3.63) is 87.1 Å². The normalized spacial score (nSPS) is 11.2. The number of hydrogen-bond acceptors (Lipinski definition) is 3. The Morgan fingerprint density at radius 2 is 1.85 bits per heavy atom. The molecule has 130 valence electrons. The molecule has 0 bridgehead atoms. The van der Waals surface area contributed by atoms with Crippen molar-refractivity contribution in [2.45, 2.75) is 20.4 Å². The monoisotopic (exact) mass is 364 g/mol. The van der Waals surface area contributed by atoms with E-state index in [0.29, 0.717) is 22.6 Å². The first-order chi connectivity index (χ1) is 12.5. The van der Waals surface area contributed by atoms with Gasteiger partial charge in [-0.1, -0.05) is 29.8 Å². The lowest BCUT2D eigenvalue weighted by Crippen LogP contribution is -2.21. The molecule has 2 heterocycles. The van der Waals surface area contributed by atoms with Crippen LogP contribution in [0.1, 0.15) is 16.7 Å². The summed E-state index contributed by atoms with van der Waals surface area (Å²) in [6.07, 6.45) is 3.14. The van der Waals surface area contributed by atoms with Crippen LogP contribution in [-0.4, -0.2) is 19.3 Å². The smallest absolute Gasteiger partial charge is 0.264 e. The molecule has 6 heteroatoms. The summed E-state index contributed by atoms with van der Waals surface area (Å²) < 4.78 is 3.28. The largest absolute Gasteiger partial charge is 0.294 e. The van der Waals surface area contributed by atoms with Crippen LogP contribution in [0.25, 0.3) is 16.7 Å². The molecule has 0 amide bonds. The zero-order valence-electron chi connectivity index (χ0n) is 14.5. The summed E-state index contributed by atoms with van der Waals surface area (Å²) in [5, 5.41) is 5.53. The molecule has 5 nitrogen and oxygen atoms in total. The predicted molar refractivity (Wildman–Crippen MR) is 103 cm³/mol. The molecule has 0 fully saturated rings. The highest BCUT2D eigenvalue weighted by Crippen LogP contribution is 2.17. The van der Waals surface area contributed by atoms with Crippen molar-refractivity contribution in [1.29, 1.82) is 0 Å². The van der Waals surface area contributed by atoms with E-state index in [1.165, 1.54) is 0 Å². The van der Waals surface area contributed by atoms with Gasteiger partial charge in [0.1, 0.15) is 11.7 Å². The molecule has 0 saturated heterocycles. The lowest BCUT2D eigenvalue weighted by atomic mass is 10.1. The second-order valence-electron chi connectivity index (χ2n) is 6.45. The molecule has 0 aliphatic rings. The molecular weight excluding hydrogens is 348 g/mol. The molecule has 0 aliphatic carbocycles. The van der Waals surface area contributed by atoms with E-state index in [1.54, 1.807) is 21.8 Å². The van der Waals surface area contributed by atoms with Crippen LogP contribution in [0.3, 0.4) is 0 Å². The molecule has 0 unspecified atom stereocenters. The van der Waals surface area contributed by atoms with Crippen LogP contribution in [0.2, 0.25) is 5.02 Å². The van der Waals surface area contributed by atoms with Gasteiger partial charge in [-0.15, -0.1) is 0 Å². The van der Waals surface area contributed by atoms with Crippen molar-refractivity contribution >= 4 is 22.6 Å². The van der Waals surface area contributed by atoms with Gasteiger partial charge in [0, 0.05) is 5.02 Å². The number of aromatic nitrogens is 4. The average Bonchev–Trinajstić information content (AvgIpc) is 3.01. The molecular formula is C20H17ClN4O. The number of benzene rings is 2. The van der Waals surface area contributed by atoms with Crippen molar-refractivity contribution in [1.82, 2.24) is 19.3 Å². The highest BCUT2D eigenvalue weighted by Gasteiger charge is 2.12. The van der Waals surface area contributed by atoms with Gasteiger partial charge in [0.05, 0.1) is 18.4 Å². The highest BCUT2D eigenvalue weighted by atomic mass is 35.5. The van der Waals surface area contributed by atoms with Gasteiger partial charge in [-0.2, -0.15) is 5.10 Å². The van der Waals surface area contributed by atoms with Gasteiger partial charge in [-0.3, -0.25) is 9.36 Å². The van der Waals surface area contributed by atoms with Crippen LogP contribution in [0.15, 0.2) is 59.8 Å². The van der Waals surface area contributed by atoms with Gasteiger partial charge in [0.25, 0.3) is 5.56 Å². The zero-order valence-corrected chi connectivity index (χ0v) is 15.2.